The van der Waals surface area contributed by atoms with Crippen LogP contribution in [0, 0.1) is 6.92 Å². The first-order valence-electron chi connectivity index (χ1n) is 4.84. The number of rotatable bonds is 3. The maximum absolute atomic E-state index is 11.1. The average Bonchev–Trinajstić information content (AvgIpc) is 2.62. The van der Waals surface area contributed by atoms with E-state index in [4.69, 9.17) is 0 Å². The molecule has 0 saturated carbocycles. The summed E-state index contributed by atoms with van der Waals surface area (Å²) in [6, 6.07) is 0. The highest BCUT2D eigenvalue weighted by Gasteiger charge is 2.10. The van der Waals surface area contributed by atoms with Crippen LogP contribution >= 0.6 is 0 Å². The van der Waals surface area contributed by atoms with Gasteiger partial charge in [0.15, 0.2) is 5.78 Å². The molecule has 0 atom stereocenters. The minimum Gasteiger partial charge on any atom is -0.291 e. The predicted molar refractivity (Wildman–Crippen MR) is 55.9 cm³/mol. The summed E-state index contributed by atoms with van der Waals surface area (Å²) >= 11 is 0. The van der Waals surface area contributed by atoms with E-state index in [2.05, 4.69) is 20.1 Å². The van der Waals surface area contributed by atoms with Crippen LogP contribution in [0.4, 0.5) is 0 Å². The SMILES string of the molecule is CC(=O)c1nc(C)n(Cc2cnccn2)n1. The number of nitrogens with zero attached hydrogens (tertiary/aromatic N) is 5. The predicted octanol–water partition coefficient (Wildman–Crippen LogP) is 0.627. The van der Waals surface area contributed by atoms with Crippen LogP contribution in [0.1, 0.15) is 29.1 Å². The number of aromatic nitrogens is 5. The number of carbonyl (C=O) groups is 1. The summed E-state index contributed by atoms with van der Waals surface area (Å²) in [6.45, 7) is 3.72. The Morgan fingerprint density at radius 3 is 2.81 bits per heavy atom. The smallest absolute Gasteiger partial charge is 0.217 e. The van der Waals surface area contributed by atoms with Crippen LogP contribution in [0.2, 0.25) is 0 Å². The topological polar surface area (TPSA) is 73.6 Å². The Balaban J connectivity index is 2.25. The van der Waals surface area contributed by atoms with Gasteiger partial charge in [-0.15, -0.1) is 5.10 Å². The van der Waals surface area contributed by atoms with Gasteiger partial charge in [-0.05, 0) is 6.92 Å². The van der Waals surface area contributed by atoms with Gasteiger partial charge >= 0.3 is 0 Å². The van der Waals surface area contributed by atoms with Crippen molar-refractivity contribution in [3.63, 3.8) is 0 Å². The molecule has 0 aromatic carbocycles. The third-order valence-corrected chi connectivity index (χ3v) is 2.10. The number of aryl methyl sites for hydroxylation is 1. The lowest BCUT2D eigenvalue weighted by Gasteiger charge is -2.00. The number of ketones is 1. The minimum atomic E-state index is -0.138. The molecule has 82 valence electrons. The molecule has 0 radical (unpaired) electrons. The lowest BCUT2D eigenvalue weighted by Crippen LogP contribution is -2.06. The van der Waals surface area contributed by atoms with Crippen molar-refractivity contribution in [2.45, 2.75) is 20.4 Å². The molecule has 16 heavy (non-hydrogen) atoms. The van der Waals surface area contributed by atoms with Crippen LogP contribution < -0.4 is 0 Å². The maximum atomic E-state index is 11.1. The molecule has 0 aliphatic rings. The van der Waals surface area contributed by atoms with Gasteiger partial charge in [-0.25, -0.2) is 9.67 Å². The summed E-state index contributed by atoms with van der Waals surface area (Å²) in [7, 11) is 0. The number of carbonyl (C=O) groups excluding carboxylic acids is 1. The molecule has 2 rings (SSSR count). The monoisotopic (exact) mass is 217 g/mol. The first-order chi connectivity index (χ1) is 7.66. The molecule has 0 N–H and O–H groups in total. The molecule has 0 saturated heterocycles. The number of hydrogen-bond donors (Lipinski definition) is 0. The van der Waals surface area contributed by atoms with Gasteiger partial charge in [0.2, 0.25) is 5.82 Å². The third kappa shape index (κ3) is 2.10. The lowest BCUT2D eigenvalue weighted by molar-refractivity contribution is 0.100. The second-order valence-electron chi connectivity index (χ2n) is 3.39. The normalized spacial score (nSPS) is 10.4. The molecule has 0 aliphatic heterocycles. The standard InChI is InChI=1S/C10H11N5O/c1-7(16)10-13-8(2)15(14-10)6-9-5-11-3-4-12-9/h3-5H,6H2,1-2H3. The van der Waals surface area contributed by atoms with Gasteiger partial charge in [-0.2, -0.15) is 0 Å². The second kappa shape index (κ2) is 4.18. The van der Waals surface area contributed by atoms with Crippen molar-refractivity contribution in [1.82, 2.24) is 24.7 Å². The molecule has 6 nitrogen and oxygen atoms in total. The quantitative estimate of drug-likeness (QED) is 0.705. The largest absolute Gasteiger partial charge is 0.291 e. The molecule has 0 amide bonds. The molecule has 6 heteroatoms. The Morgan fingerprint density at radius 1 is 1.44 bits per heavy atom. The van der Waals surface area contributed by atoms with E-state index in [0.717, 1.165) is 5.69 Å². The van der Waals surface area contributed by atoms with Crippen molar-refractivity contribution in [3.8, 4) is 0 Å². The van der Waals surface area contributed by atoms with E-state index >= 15 is 0 Å². The first-order valence-corrected chi connectivity index (χ1v) is 4.84. The van der Waals surface area contributed by atoms with Gasteiger partial charge < -0.3 is 0 Å². The Hall–Kier alpha value is -2.11. The summed E-state index contributed by atoms with van der Waals surface area (Å²) in [5.41, 5.74) is 0.783. The van der Waals surface area contributed by atoms with E-state index in [1.54, 1.807) is 30.2 Å². The van der Waals surface area contributed by atoms with Crippen LogP contribution in [-0.2, 0) is 6.54 Å². The lowest BCUT2D eigenvalue weighted by atomic mass is 10.4. The molecule has 0 fully saturated rings. The van der Waals surface area contributed by atoms with Crippen LogP contribution in [0.3, 0.4) is 0 Å². The zero-order chi connectivity index (χ0) is 11.5. The fourth-order valence-corrected chi connectivity index (χ4v) is 1.28. The van der Waals surface area contributed by atoms with E-state index in [1.165, 1.54) is 6.92 Å². The Morgan fingerprint density at radius 2 is 2.25 bits per heavy atom. The fourth-order valence-electron chi connectivity index (χ4n) is 1.28. The first kappa shape index (κ1) is 10.4. The van der Waals surface area contributed by atoms with E-state index in [-0.39, 0.29) is 11.6 Å². The van der Waals surface area contributed by atoms with Crippen LogP contribution in [0.5, 0.6) is 0 Å². The summed E-state index contributed by atoms with van der Waals surface area (Å²) in [5.74, 6) is 0.790. The molecule has 0 spiro atoms. The van der Waals surface area contributed by atoms with Crippen LogP contribution in [-0.4, -0.2) is 30.5 Å². The number of hydrogen-bond acceptors (Lipinski definition) is 5. The molecule has 2 heterocycles. The van der Waals surface area contributed by atoms with Crippen molar-refractivity contribution < 1.29 is 4.79 Å². The Labute approximate surface area is 92.4 Å². The van der Waals surface area contributed by atoms with E-state index in [0.29, 0.717) is 12.4 Å². The molecular formula is C10H11N5O. The highest BCUT2D eigenvalue weighted by molar-refractivity contribution is 5.90. The van der Waals surface area contributed by atoms with Crippen molar-refractivity contribution in [2.24, 2.45) is 0 Å². The van der Waals surface area contributed by atoms with E-state index in [9.17, 15) is 4.79 Å². The molecule has 0 aliphatic carbocycles. The molecule has 2 aromatic heterocycles. The fraction of sp³-hybridized carbons (Fsp3) is 0.300. The Bertz CT molecular complexity index is 505. The van der Waals surface area contributed by atoms with Crippen molar-refractivity contribution in [3.05, 3.63) is 35.9 Å². The van der Waals surface area contributed by atoms with Crippen molar-refractivity contribution in [1.29, 1.82) is 0 Å². The van der Waals surface area contributed by atoms with Crippen molar-refractivity contribution >= 4 is 5.78 Å². The summed E-state index contributed by atoms with van der Waals surface area (Å²) in [5, 5.41) is 4.09. The number of Topliss-reactive ketones (excluding diaryl/α,β-unsaturated/α-hetero) is 1. The van der Waals surface area contributed by atoms with E-state index < -0.39 is 0 Å². The average molecular weight is 217 g/mol. The van der Waals surface area contributed by atoms with Gasteiger partial charge in [0.25, 0.3) is 0 Å². The molecule has 0 unspecified atom stereocenters. The Kier molecular flexibility index (Phi) is 2.72. The van der Waals surface area contributed by atoms with Crippen LogP contribution in [0.15, 0.2) is 18.6 Å². The zero-order valence-corrected chi connectivity index (χ0v) is 9.08. The highest BCUT2D eigenvalue weighted by atomic mass is 16.1. The summed E-state index contributed by atoms with van der Waals surface area (Å²) < 4.78 is 1.64. The molecular weight excluding hydrogens is 206 g/mol. The molecule has 0 bridgehead atoms. The third-order valence-electron chi connectivity index (χ3n) is 2.10. The van der Waals surface area contributed by atoms with Crippen molar-refractivity contribution in [2.75, 3.05) is 0 Å². The summed E-state index contributed by atoms with van der Waals surface area (Å²) in [6.07, 6.45) is 4.89. The zero-order valence-electron chi connectivity index (χ0n) is 9.08. The maximum Gasteiger partial charge on any atom is 0.217 e. The van der Waals surface area contributed by atoms with Gasteiger partial charge in [0.05, 0.1) is 18.4 Å². The van der Waals surface area contributed by atoms with Gasteiger partial charge in [0.1, 0.15) is 5.82 Å². The second-order valence-corrected chi connectivity index (χ2v) is 3.39. The highest BCUT2D eigenvalue weighted by Crippen LogP contribution is 2.01. The van der Waals surface area contributed by atoms with E-state index in [1.807, 2.05) is 0 Å². The van der Waals surface area contributed by atoms with Gasteiger partial charge in [0, 0.05) is 19.3 Å². The minimum absolute atomic E-state index is 0.138. The molecule has 2 aromatic rings. The van der Waals surface area contributed by atoms with Gasteiger partial charge in [-0.1, -0.05) is 0 Å². The summed E-state index contributed by atoms with van der Waals surface area (Å²) in [4.78, 5) is 23.3. The van der Waals surface area contributed by atoms with Gasteiger partial charge in [-0.3, -0.25) is 14.8 Å². The van der Waals surface area contributed by atoms with Crippen LogP contribution in [0.25, 0.3) is 0 Å².